The lowest BCUT2D eigenvalue weighted by Crippen LogP contribution is -2.23. The first kappa shape index (κ1) is 17.0. The van der Waals surface area contributed by atoms with Gasteiger partial charge >= 0.3 is 0 Å². The first-order chi connectivity index (χ1) is 9.58. The highest BCUT2D eigenvalue weighted by molar-refractivity contribution is 5.24. The molecule has 0 bridgehead atoms. The molecule has 0 aliphatic rings. The van der Waals surface area contributed by atoms with E-state index >= 15 is 0 Å². The lowest BCUT2D eigenvalue weighted by atomic mass is 10.1. The number of methoxy groups -OCH3 is 2. The summed E-state index contributed by atoms with van der Waals surface area (Å²) in [7, 11) is 3.42. The van der Waals surface area contributed by atoms with Crippen molar-refractivity contribution in [1.29, 1.82) is 0 Å². The molecule has 1 unspecified atom stereocenters. The van der Waals surface area contributed by atoms with Gasteiger partial charge in [-0.15, -0.1) is 0 Å². The van der Waals surface area contributed by atoms with Gasteiger partial charge in [0.25, 0.3) is 0 Å². The average Bonchev–Trinajstić information content (AvgIpc) is 2.41. The third-order valence-electron chi connectivity index (χ3n) is 3.37. The van der Waals surface area contributed by atoms with Gasteiger partial charge in [0.2, 0.25) is 0 Å². The fourth-order valence-electron chi connectivity index (χ4n) is 2.12. The summed E-state index contributed by atoms with van der Waals surface area (Å²) >= 11 is 0. The van der Waals surface area contributed by atoms with Crippen LogP contribution in [0.15, 0.2) is 0 Å². The minimum Gasteiger partial charge on any atom is -0.383 e. The second kappa shape index (κ2) is 9.00. The summed E-state index contributed by atoms with van der Waals surface area (Å²) < 4.78 is 10.3. The van der Waals surface area contributed by atoms with Gasteiger partial charge in [-0.05, 0) is 39.3 Å². The molecule has 0 amide bonds. The molecule has 1 heterocycles. The average molecular weight is 281 g/mol. The van der Waals surface area contributed by atoms with Crippen LogP contribution < -0.4 is 5.32 Å². The van der Waals surface area contributed by atoms with E-state index in [1.807, 2.05) is 6.92 Å². The zero-order chi connectivity index (χ0) is 15.0. The molecule has 0 aliphatic carbocycles. The molecule has 1 N–H and O–H groups in total. The Labute approximate surface area is 122 Å². The van der Waals surface area contributed by atoms with Gasteiger partial charge in [0.05, 0.1) is 12.7 Å². The summed E-state index contributed by atoms with van der Waals surface area (Å²) in [5.41, 5.74) is 3.39. The summed E-state index contributed by atoms with van der Waals surface area (Å²) in [5, 5.41) is 3.34. The van der Waals surface area contributed by atoms with Crippen LogP contribution in [0.25, 0.3) is 0 Å². The van der Waals surface area contributed by atoms with Crippen LogP contribution in [0.1, 0.15) is 29.7 Å². The maximum Gasteiger partial charge on any atom is 0.131 e. The number of nitrogens with one attached hydrogen (secondary N) is 1. The van der Waals surface area contributed by atoms with Gasteiger partial charge in [-0.25, -0.2) is 9.97 Å². The lowest BCUT2D eigenvalue weighted by molar-refractivity contribution is 0.117. The van der Waals surface area contributed by atoms with Gasteiger partial charge < -0.3 is 14.8 Å². The summed E-state index contributed by atoms with van der Waals surface area (Å²) in [5.74, 6) is 0.866. The van der Waals surface area contributed by atoms with Gasteiger partial charge in [-0.1, -0.05) is 0 Å². The summed E-state index contributed by atoms with van der Waals surface area (Å²) in [4.78, 5) is 9.19. The maximum absolute atomic E-state index is 5.26. The van der Waals surface area contributed by atoms with Crippen molar-refractivity contribution in [1.82, 2.24) is 15.3 Å². The summed E-state index contributed by atoms with van der Waals surface area (Å²) in [6.45, 7) is 8.67. The third-order valence-corrected chi connectivity index (χ3v) is 3.37. The number of aryl methyl sites for hydroxylation is 2. The number of aromatic nitrogens is 2. The molecule has 1 aromatic rings. The molecule has 0 aliphatic heterocycles. The summed E-state index contributed by atoms with van der Waals surface area (Å²) in [6.07, 6.45) is 1.85. The molecule has 1 aromatic heterocycles. The number of hydrogen-bond acceptors (Lipinski definition) is 5. The molecule has 20 heavy (non-hydrogen) atoms. The predicted octanol–water partition coefficient (Wildman–Crippen LogP) is 1.45. The zero-order valence-corrected chi connectivity index (χ0v) is 13.3. The van der Waals surface area contributed by atoms with Crippen molar-refractivity contribution in [2.45, 2.75) is 39.7 Å². The van der Waals surface area contributed by atoms with Crippen molar-refractivity contribution in [2.24, 2.45) is 0 Å². The molecule has 5 nitrogen and oxygen atoms in total. The number of hydrogen-bond donors (Lipinski definition) is 1. The Morgan fingerprint density at radius 1 is 1.10 bits per heavy atom. The first-order valence-corrected chi connectivity index (χ1v) is 7.14. The third kappa shape index (κ3) is 5.53. The highest BCUT2D eigenvalue weighted by Crippen LogP contribution is 2.12. The normalized spacial score (nSPS) is 12.7. The van der Waals surface area contributed by atoms with E-state index in [1.165, 1.54) is 5.56 Å². The van der Waals surface area contributed by atoms with Gasteiger partial charge in [0.15, 0.2) is 0 Å². The smallest absolute Gasteiger partial charge is 0.131 e. The first-order valence-electron chi connectivity index (χ1n) is 7.14. The van der Waals surface area contributed by atoms with Crippen molar-refractivity contribution in [3.8, 4) is 0 Å². The van der Waals surface area contributed by atoms with E-state index in [-0.39, 0.29) is 6.10 Å². The van der Waals surface area contributed by atoms with Crippen molar-refractivity contribution in [3.05, 3.63) is 22.8 Å². The Morgan fingerprint density at radius 2 is 1.75 bits per heavy atom. The molecular weight excluding hydrogens is 254 g/mol. The van der Waals surface area contributed by atoms with E-state index in [4.69, 9.17) is 9.47 Å². The van der Waals surface area contributed by atoms with E-state index < -0.39 is 0 Å². The Bertz CT molecular complexity index is 387. The second-order valence-corrected chi connectivity index (χ2v) is 5.03. The molecule has 0 fully saturated rings. The molecule has 0 radical (unpaired) electrons. The van der Waals surface area contributed by atoms with E-state index in [0.29, 0.717) is 0 Å². The number of nitrogens with zero attached hydrogens (tertiary/aromatic N) is 2. The van der Waals surface area contributed by atoms with Crippen LogP contribution in [0.5, 0.6) is 0 Å². The second-order valence-electron chi connectivity index (χ2n) is 5.03. The van der Waals surface area contributed by atoms with Gasteiger partial charge in [-0.2, -0.15) is 0 Å². The molecular formula is C15H27N3O2. The minimum atomic E-state index is 0.148. The van der Waals surface area contributed by atoms with E-state index in [1.54, 1.807) is 14.2 Å². The standard InChI is InChI=1S/C15H27N3O2/c1-11(20-5)10-15-17-12(2)14(13(3)18-15)6-7-16-8-9-19-4/h11,16H,6-10H2,1-5H3. The lowest BCUT2D eigenvalue weighted by Gasteiger charge is -2.13. The maximum atomic E-state index is 5.26. The van der Waals surface area contributed by atoms with Crippen molar-refractivity contribution in [3.63, 3.8) is 0 Å². The van der Waals surface area contributed by atoms with Gasteiger partial charge in [-0.3, -0.25) is 0 Å². The monoisotopic (exact) mass is 281 g/mol. The quantitative estimate of drug-likeness (QED) is 0.694. The van der Waals surface area contributed by atoms with E-state index in [2.05, 4.69) is 29.1 Å². The SMILES string of the molecule is COCCNCCc1c(C)nc(CC(C)OC)nc1C. The van der Waals surface area contributed by atoms with Crippen LogP contribution in [-0.2, 0) is 22.3 Å². The van der Waals surface area contributed by atoms with Crippen molar-refractivity contribution >= 4 is 0 Å². The van der Waals surface area contributed by atoms with Crippen LogP contribution in [0.3, 0.4) is 0 Å². The fraction of sp³-hybridized carbons (Fsp3) is 0.733. The fourth-order valence-corrected chi connectivity index (χ4v) is 2.12. The van der Waals surface area contributed by atoms with Gasteiger partial charge in [0, 0.05) is 38.6 Å². The molecule has 5 heteroatoms. The van der Waals surface area contributed by atoms with Crippen LogP contribution in [0.4, 0.5) is 0 Å². The molecule has 0 saturated carbocycles. The van der Waals surface area contributed by atoms with Crippen LogP contribution in [-0.4, -0.2) is 50.0 Å². The van der Waals surface area contributed by atoms with E-state index in [9.17, 15) is 0 Å². The Kier molecular flexibility index (Phi) is 7.65. The number of ether oxygens (including phenoxy) is 2. The Hall–Kier alpha value is -1.04. The summed E-state index contributed by atoms with van der Waals surface area (Å²) in [6, 6.07) is 0. The van der Waals surface area contributed by atoms with Crippen molar-refractivity contribution in [2.75, 3.05) is 33.9 Å². The van der Waals surface area contributed by atoms with Crippen LogP contribution in [0, 0.1) is 13.8 Å². The predicted molar refractivity (Wildman–Crippen MR) is 80.1 cm³/mol. The molecule has 1 atom stereocenters. The molecule has 0 spiro atoms. The zero-order valence-electron chi connectivity index (χ0n) is 13.3. The minimum absolute atomic E-state index is 0.148. The largest absolute Gasteiger partial charge is 0.383 e. The van der Waals surface area contributed by atoms with Crippen molar-refractivity contribution < 1.29 is 9.47 Å². The molecule has 0 aromatic carbocycles. The Balaban J connectivity index is 2.59. The van der Waals surface area contributed by atoms with E-state index in [0.717, 1.165) is 49.8 Å². The Morgan fingerprint density at radius 3 is 2.30 bits per heavy atom. The highest BCUT2D eigenvalue weighted by Gasteiger charge is 2.10. The van der Waals surface area contributed by atoms with Crippen LogP contribution in [0.2, 0.25) is 0 Å². The molecule has 0 saturated heterocycles. The topological polar surface area (TPSA) is 56.3 Å². The van der Waals surface area contributed by atoms with Gasteiger partial charge in [0.1, 0.15) is 5.82 Å². The highest BCUT2D eigenvalue weighted by atomic mass is 16.5. The molecule has 114 valence electrons. The molecule has 1 rings (SSSR count). The number of rotatable bonds is 9. The van der Waals surface area contributed by atoms with Crippen LogP contribution >= 0.6 is 0 Å².